The lowest BCUT2D eigenvalue weighted by Crippen LogP contribution is -2.54. The Labute approximate surface area is 268 Å². The van der Waals surface area contributed by atoms with Crippen LogP contribution in [0, 0.1) is 17.8 Å². The smallest absolute Gasteiger partial charge is 0.251 e. The Morgan fingerprint density at radius 3 is 2.04 bits per heavy atom. The van der Waals surface area contributed by atoms with Crippen LogP contribution in [0.3, 0.4) is 0 Å². The van der Waals surface area contributed by atoms with Gasteiger partial charge in [-0.05, 0) is 104 Å². The zero-order valence-electron chi connectivity index (χ0n) is 27.0. The monoisotopic (exact) mass is 605 g/mol. The van der Waals surface area contributed by atoms with Crippen LogP contribution in [0.1, 0.15) is 104 Å². The summed E-state index contributed by atoms with van der Waals surface area (Å²) in [6.07, 6.45) is 7.07. The van der Waals surface area contributed by atoms with Gasteiger partial charge < -0.3 is 15.5 Å². The summed E-state index contributed by atoms with van der Waals surface area (Å²) in [6, 6.07) is 23.5. The molecule has 0 spiro atoms. The van der Waals surface area contributed by atoms with E-state index in [0.717, 1.165) is 86.7 Å². The van der Waals surface area contributed by atoms with Crippen molar-refractivity contribution in [2.75, 3.05) is 19.6 Å². The van der Waals surface area contributed by atoms with E-state index in [9.17, 15) is 14.4 Å². The second-order valence-electron chi connectivity index (χ2n) is 14.1. The highest BCUT2D eigenvalue weighted by Crippen LogP contribution is 2.57. The van der Waals surface area contributed by atoms with Crippen LogP contribution in [0.5, 0.6) is 0 Å². The number of likely N-dealkylation sites (tertiary alicyclic amines) is 1. The van der Waals surface area contributed by atoms with Crippen molar-refractivity contribution in [1.29, 1.82) is 0 Å². The number of rotatable bonds is 9. The van der Waals surface area contributed by atoms with Crippen molar-refractivity contribution < 1.29 is 14.4 Å². The topological polar surface area (TPSA) is 78.5 Å². The van der Waals surface area contributed by atoms with E-state index in [1.54, 1.807) is 0 Å². The molecule has 1 aliphatic heterocycles. The van der Waals surface area contributed by atoms with Crippen LogP contribution in [0.2, 0.25) is 0 Å². The zero-order valence-corrected chi connectivity index (χ0v) is 27.0. The molecule has 1 saturated heterocycles. The highest BCUT2D eigenvalue weighted by Gasteiger charge is 2.53. The van der Waals surface area contributed by atoms with Gasteiger partial charge in [-0.25, -0.2) is 0 Å². The third kappa shape index (κ3) is 6.29. The molecule has 2 N–H and O–H groups in total. The molecule has 6 heteroatoms. The van der Waals surface area contributed by atoms with Crippen LogP contribution >= 0.6 is 0 Å². The fraction of sp³-hybridized carbons (Fsp3) is 0.462. The van der Waals surface area contributed by atoms with E-state index in [-0.39, 0.29) is 23.1 Å². The number of hydrogen-bond acceptors (Lipinski definition) is 3. The van der Waals surface area contributed by atoms with Gasteiger partial charge in [0.1, 0.15) is 6.04 Å². The lowest BCUT2D eigenvalue weighted by atomic mass is 9.53. The molecule has 3 aromatic carbocycles. The van der Waals surface area contributed by atoms with Gasteiger partial charge in [-0.15, -0.1) is 0 Å². The first-order valence-electron chi connectivity index (χ1n) is 16.8. The predicted molar refractivity (Wildman–Crippen MR) is 179 cm³/mol. The van der Waals surface area contributed by atoms with Gasteiger partial charge >= 0.3 is 0 Å². The van der Waals surface area contributed by atoms with E-state index in [1.807, 2.05) is 47.4 Å². The fourth-order valence-electron chi connectivity index (χ4n) is 7.84. The second kappa shape index (κ2) is 12.8. The van der Waals surface area contributed by atoms with E-state index in [2.05, 4.69) is 61.7 Å². The van der Waals surface area contributed by atoms with Crippen LogP contribution < -0.4 is 10.6 Å². The molecular weight excluding hydrogens is 558 g/mol. The molecule has 4 fully saturated rings. The number of fused-ring (bicyclic) bond motifs is 3. The standard InChI is InChI=1S/C39H47N3O3/c1-27(2)29-14-16-30(17-15-29)33-28(3)10-9-13-32(33)35(43)40-26-38-18-21-39(22-19-38,23-20-38)37(45)41-34(31-11-5-4-6-12-31)36(44)42-24-7-8-25-42/h4-6,9-17,27,34H,7-8,18-26H2,1-3H3,(H,40,43)(H,41,45). The van der Waals surface area contributed by atoms with Crippen molar-refractivity contribution in [3.63, 3.8) is 0 Å². The molecule has 45 heavy (non-hydrogen) atoms. The first-order valence-corrected chi connectivity index (χ1v) is 16.8. The quantitative estimate of drug-likeness (QED) is 0.268. The number of benzene rings is 3. The SMILES string of the molecule is Cc1cccc(C(=O)NCC23CCC(C(=O)NC(C(=O)N4CCCC4)c4ccccc4)(CC2)CC3)c1-c1ccc(C(C)C)cc1. The summed E-state index contributed by atoms with van der Waals surface area (Å²) in [5, 5.41) is 6.52. The van der Waals surface area contributed by atoms with E-state index in [0.29, 0.717) is 18.0 Å². The van der Waals surface area contributed by atoms with Crippen molar-refractivity contribution in [3.8, 4) is 11.1 Å². The minimum absolute atomic E-state index is 0.00138. The van der Waals surface area contributed by atoms with Gasteiger partial charge in [-0.2, -0.15) is 0 Å². The summed E-state index contributed by atoms with van der Waals surface area (Å²) in [6.45, 7) is 8.56. The first-order chi connectivity index (χ1) is 21.7. The van der Waals surface area contributed by atoms with Crippen LogP contribution in [0.25, 0.3) is 11.1 Å². The maximum absolute atomic E-state index is 13.9. The lowest BCUT2D eigenvalue weighted by Gasteiger charge is -2.52. The molecule has 3 amide bonds. The summed E-state index contributed by atoms with van der Waals surface area (Å²) < 4.78 is 0. The van der Waals surface area contributed by atoms with Gasteiger partial charge in [0.15, 0.2) is 0 Å². The molecule has 4 aliphatic rings. The summed E-state index contributed by atoms with van der Waals surface area (Å²) in [5.41, 5.74) is 5.52. The Morgan fingerprint density at radius 2 is 1.42 bits per heavy atom. The number of amides is 3. The fourth-order valence-corrected chi connectivity index (χ4v) is 7.84. The van der Waals surface area contributed by atoms with Crippen molar-refractivity contribution in [2.45, 2.75) is 84.1 Å². The highest BCUT2D eigenvalue weighted by atomic mass is 16.2. The third-order valence-corrected chi connectivity index (χ3v) is 11.0. The molecule has 3 aromatic rings. The van der Waals surface area contributed by atoms with Crippen molar-refractivity contribution in [2.24, 2.45) is 10.8 Å². The predicted octanol–water partition coefficient (Wildman–Crippen LogP) is 7.34. The number of carbonyl (C=O) groups excluding carboxylic acids is 3. The zero-order chi connectivity index (χ0) is 31.6. The average molecular weight is 606 g/mol. The van der Waals surface area contributed by atoms with Gasteiger partial charge in [0.25, 0.3) is 5.91 Å². The highest BCUT2D eigenvalue weighted by molar-refractivity contribution is 6.01. The van der Waals surface area contributed by atoms with Gasteiger partial charge in [-0.1, -0.05) is 80.6 Å². The van der Waals surface area contributed by atoms with Crippen LogP contribution in [-0.4, -0.2) is 42.3 Å². The third-order valence-electron chi connectivity index (χ3n) is 11.0. The molecule has 0 aromatic heterocycles. The second-order valence-corrected chi connectivity index (χ2v) is 14.1. The van der Waals surface area contributed by atoms with Gasteiger partial charge in [-0.3, -0.25) is 14.4 Å². The molecule has 3 aliphatic carbocycles. The summed E-state index contributed by atoms with van der Waals surface area (Å²) in [5.74, 6) is 0.423. The van der Waals surface area contributed by atoms with Crippen LogP contribution in [0.15, 0.2) is 72.8 Å². The lowest BCUT2D eigenvalue weighted by molar-refractivity contribution is -0.145. The Bertz CT molecular complexity index is 1510. The first kappa shape index (κ1) is 31.1. The summed E-state index contributed by atoms with van der Waals surface area (Å²) in [4.78, 5) is 43.0. The maximum Gasteiger partial charge on any atom is 0.251 e. The number of nitrogens with zero attached hydrogens (tertiary/aromatic N) is 1. The molecule has 1 atom stereocenters. The molecule has 2 bridgehead atoms. The van der Waals surface area contributed by atoms with E-state index >= 15 is 0 Å². The molecule has 1 heterocycles. The van der Waals surface area contributed by atoms with Crippen molar-refractivity contribution in [1.82, 2.24) is 15.5 Å². The van der Waals surface area contributed by atoms with Crippen LogP contribution in [0.4, 0.5) is 0 Å². The normalized spacial score (nSPS) is 23.2. The molecule has 3 saturated carbocycles. The Balaban J connectivity index is 1.11. The van der Waals surface area contributed by atoms with Crippen molar-refractivity contribution >= 4 is 17.7 Å². The Hall–Kier alpha value is -3.93. The summed E-state index contributed by atoms with van der Waals surface area (Å²) >= 11 is 0. The molecule has 1 unspecified atom stereocenters. The Kier molecular flexibility index (Phi) is 8.85. The molecule has 0 radical (unpaired) electrons. The van der Waals surface area contributed by atoms with E-state index < -0.39 is 11.5 Å². The molecule has 7 rings (SSSR count). The molecule has 236 valence electrons. The van der Waals surface area contributed by atoms with Gasteiger partial charge in [0, 0.05) is 30.6 Å². The number of aryl methyl sites for hydroxylation is 1. The largest absolute Gasteiger partial charge is 0.351 e. The van der Waals surface area contributed by atoms with Crippen molar-refractivity contribution in [3.05, 3.63) is 95.1 Å². The van der Waals surface area contributed by atoms with Gasteiger partial charge in [0.2, 0.25) is 11.8 Å². The number of carbonyl (C=O) groups is 3. The minimum Gasteiger partial charge on any atom is -0.351 e. The molecular formula is C39H47N3O3. The average Bonchev–Trinajstić information content (AvgIpc) is 3.62. The molecule has 6 nitrogen and oxygen atoms in total. The number of nitrogens with one attached hydrogen (secondary N) is 2. The Morgan fingerprint density at radius 1 is 0.778 bits per heavy atom. The van der Waals surface area contributed by atoms with E-state index in [1.165, 1.54) is 5.56 Å². The maximum atomic E-state index is 13.9. The summed E-state index contributed by atoms with van der Waals surface area (Å²) in [7, 11) is 0. The van der Waals surface area contributed by atoms with E-state index in [4.69, 9.17) is 0 Å². The van der Waals surface area contributed by atoms with Crippen LogP contribution in [-0.2, 0) is 9.59 Å². The minimum atomic E-state index is -0.649. The number of hydrogen-bond donors (Lipinski definition) is 2. The van der Waals surface area contributed by atoms with Gasteiger partial charge in [0.05, 0.1) is 0 Å².